The Labute approximate surface area is 184 Å². The summed E-state index contributed by atoms with van der Waals surface area (Å²) in [4.78, 5) is 12.6. The molecule has 1 N–H and O–H groups in total. The molecule has 0 bridgehead atoms. The van der Waals surface area contributed by atoms with Gasteiger partial charge in [0.05, 0.1) is 0 Å². The Kier molecular flexibility index (Phi) is 6.21. The lowest BCUT2D eigenvalue weighted by atomic mass is 10.0. The van der Waals surface area contributed by atoms with Crippen LogP contribution >= 0.6 is 0 Å². The maximum absolute atomic E-state index is 12.6. The van der Waals surface area contributed by atoms with Gasteiger partial charge < -0.3 is 9.88 Å². The van der Waals surface area contributed by atoms with Crippen LogP contribution in [0.4, 0.5) is 5.69 Å². The number of rotatable bonds is 8. The molecule has 2 aromatic carbocycles. The number of aryl methyl sites for hydroxylation is 3. The van der Waals surface area contributed by atoms with Gasteiger partial charge in [-0.05, 0) is 56.2 Å². The number of benzene rings is 2. The molecule has 1 amide bonds. The average molecular weight is 417 g/mol. The van der Waals surface area contributed by atoms with Crippen molar-refractivity contribution in [3.63, 3.8) is 0 Å². The normalized spacial score (nSPS) is 13.6. The average Bonchev–Trinajstić information content (AvgIpc) is 3.48. The number of aromatic nitrogens is 3. The lowest BCUT2D eigenvalue weighted by Crippen LogP contribution is -2.15. The molecule has 1 aromatic heterocycles. The van der Waals surface area contributed by atoms with Crippen LogP contribution in [0.3, 0.4) is 0 Å². The smallest absolute Gasteiger partial charge is 0.224 e. The molecule has 31 heavy (non-hydrogen) atoms. The summed E-state index contributed by atoms with van der Waals surface area (Å²) in [6.07, 6.45) is 4.37. The number of hydrogen-bond acceptors (Lipinski definition) is 3. The van der Waals surface area contributed by atoms with Gasteiger partial charge in [0.1, 0.15) is 5.82 Å². The van der Waals surface area contributed by atoms with E-state index in [2.05, 4.69) is 71.2 Å². The Morgan fingerprint density at radius 3 is 2.48 bits per heavy atom. The predicted octanol–water partition coefficient (Wildman–Crippen LogP) is 5.67. The van der Waals surface area contributed by atoms with Crippen LogP contribution in [0.15, 0.2) is 42.5 Å². The minimum absolute atomic E-state index is 0.0110. The molecule has 5 nitrogen and oxygen atoms in total. The highest BCUT2D eigenvalue weighted by Gasteiger charge is 2.30. The molecule has 162 valence electrons. The summed E-state index contributed by atoms with van der Waals surface area (Å²) < 4.78 is 2.25. The van der Waals surface area contributed by atoms with Crippen molar-refractivity contribution in [2.45, 2.75) is 65.8 Å². The SMILES string of the molecule is Cc1ccc(NC(=O)CCc2nnc(-c3ccc(CC(C)C)cc3)n2C2CC2)c(C)c1. The van der Waals surface area contributed by atoms with E-state index in [0.29, 0.717) is 24.8 Å². The minimum atomic E-state index is 0.0110. The van der Waals surface area contributed by atoms with Crippen LogP contribution in [0.25, 0.3) is 11.4 Å². The zero-order valence-electron chi connectivity index (χ0n) is 19.0. The van der Waals surface area contributed by atoms with E-state index in [9.17, 15) is 4.79 Å². The molecule has 1 fully saturated rings. The molecule has 1 aliphatic rings. The highest BCUT2D eigenvalue weighted by atomic mass is 16.1. The summed E-state index contributed by atoms with van der Waals surface area (Å²) in [5.41, 5.74) is 5.59. The standard InChI is InChI=1S/C26H32N4O/c1-17(2)15-20-6-8-21(9-7-20)26-29-28-24(30(26)22-10-11-22)13-14-25(31)27-23-12-5-18(3)16-19(23)4/h5-9,12,16-17,22H,10-11,13-15H2,1-4H3,(H,27,31). The summed E-state index contributed by atoms with van der Waals surface area (Å²) in [7, 11) is 0. The third kappa shape index (κ3) is 5.22. The summed E-state index contributed by atoms with van der Waals surface area (Å²) >= 11 is 0. The number of nitrogens with one attached hydrogen (secondary N) is 1. The molecule has 4 rings (SSSR count). The molecule has 3 aromatic rings. The van der Waals surface area contributed by atoms with Crippen LogP contribution < -0.4 is 5.32 Å². The number of hydrogen-bond donors (Lipinski definition) is 1. The first kappa shape index (κ1) is 21.3. The van der Waals surface area contributed by atoms with Crippen molar-refractivity contribution in [1.82, 2.24) is 14.8 Å². The zero-order valence-corrected chi connectivity index (χ0v) is 19.0. The molecular weight excluding hydrogens is 384 g/mol. The molecule has 0 unspecified atom stereocenters. The van der Waals surface area contributed by atoms with E-state index in [1.54, 1.807) is 0 Å². The molecule has 0 atom stereocenters. The zero-order chi connectivity index (χ0) is 22.0. The second-order valence-electron chi connectivity index (χ2n) is 9.20. The fourth-order valence-electron chi connectivity index (χ4n) is 4.06. The van der Waals surface area contributed by atoms with E-state index < -0.39 is 0 Å². The number of nitrogens with zero attached hydrogens (tertiary/aromatic N) is 3. The van der Waals surface area contributed by atoms with E-state index in [0.717, 1.165) is 47.7 Å². The van der Waals surface area contributed by atoms with E-state index in [1.807, 2.05) is 19.1 Å². The molecule has 1 aliphatic carbocycles. The fraction of sp³-hybridized carbons (Fsp3) is 0.423. The highest BCUT2D eigenvalue weighted by molar-refractivity contribution is 5.91. The van der Waals surface area contributed by atoms with Crippen molar-refractivity contribution in [2.75, 3.05) is 5.32 Å². The van der Waals surface area contributed by atoms with Gasteiger partial charge in [0.25, 0.3) is 0 Å². The maximum atomic E-state index is 12.6. The van der Waals surface area contributed by atoms with Crippen molar-refractivity contribution in [3.8, 4) is 11.4 Å². The van der Waals surface area contributed by atoms with Gasteiger partial charge in [-0.2, -0.15) is 0 Å². The van der Waals surface area contributed by atoms with Gasteiger partial charge in [0, 0.05) is 30.1 Å². The first-order chi connectivity index (χ1) is 14.9. The molecule has 0 saturated heterocycles. The van der Waals surface area contributed by atoms with Gasteiger partial charge in [-0.25, -0.2) is 0 Å². The number of anilines is 1. The van der Waals surface area contributed by atoms with Crippen molar-refractivity contribution in [2.24, 2.45) is 5.92 Å². The van der Waals surface area contributed by atoms with E-state index in [4.69, 9.17) is 0 Å². The Balaban J connectivity index is 1.46. The van der Waals surface area contributed by atoms with Crippen LogP contribution in [0.2, 0.25) is 0 Å². The summed E-state index contributed by atoms with van der Waals surface area (Å²) in [6, 6.07) is 15.2. The van der Waals surface area contributed by atoms with Gasteiger partial charge in [0.15, 0.2) is 5.82 Å². The van der Waals surface area contributed by atoms with Crippen LogP contribution in [-0.4, -0.2) is 20.7 Å². The molecule has 1 heterocycles. The van der Waals surface area contributed by atoms with E-state index in [1.165, 1.54) is 11.1 Å². The molecule has 0 aliphatic heterocycles. The van der Waals surface area contributed by atoms with Crippen LogP contribution in [0.5, 0.6) is 0 Å². The van der Waals surface area contributed by atoms with Crippen LogP contribution in [0.1, 0.15) is 61.7 Å². The summed E-state index contributed by atoms with van der Waals surface area (Å²) in [6.45, 7) is 8.55. The Hall–Kier alpha value is -2.95. The molecule has 0 spiro atoms. The monoisotopic (exact) mass is 416 g/mol. The van der Waals surface area contributed by atoms with Crippen molar-refractivity contribution >= 4 is 11.6 Å². The van der Waals surface area contributed by atoms with Gasteiger partial charge in [0.2, 0.25) is 5.91 Å². The van der Waals surface area contributed by atoms with Crippen molar-refractivity contribution in [3.05, 3.63) is 65.0 Å². The number of amides is 1. The Bertz CT molecular complexity index is 1060. The Morgan fingerprint density at radius 1 is 1.10 bits per heavy atom. The summed E-state index contributed by atoms with van der Waals surface area (Å²) in [5, 5.41) is 12.0. The third-order valence-corrected chi connectivity index (χ3v) is 5.77. The molecular formula is C26H32N4O. The molecule has 5 heteroatoms. The van der Waals surface area contributed by atoms with Crippen molar-refractivity contribution in [1.29, 1.82) is 0 Å². The van der Waals surface area contributed by atoms with Gasteiger partial charge >= 0.3 is 0 Å². The quantitative estimate of drug-likeness (QED) is 0.515. The van der Waals surface area contributed by atoms with Gasteiger partial charge in [-0.3, -0.25) is 4.79 Å². The van der Waals surface area contributed by atoms with E-state index >= 15 is 0 Å². The van der Waals surface area contributed by atoms with Gasteiger partial charge in [-0.1, -0.05) is 55.8 Å². The van der Waals surface area contributed by atoms with Crippen LogP contribution in [-0.2, 0) is 17.6 Å². The van der Waals surface area contributed by atoms with Gasteiger partial charge in [-0.15, -0.1) is 10.2 Å². The summed E-state index contributed by atoms with van der Waals surface area (Å²) in [5.74, 6) is 2.47. The number of carbonyl (C=O) groups is 1. The third-order valence-electron chi connectivity index (χ3n) is 5.77. The first-order valence-electron chi connectivity index (χ1n) is 11.3. The Morgan fingerprint density at radius 2 is 1.84 bits per heavy atom. The largest absolute Gasteiger partial charge is 0.326 e. The molecule has 0 radical (unpaired) electrons. The lowest BCUT2D eigenvalue weighted by Gasteiger charge is -2.11. The minimum Gasteiger partial charge on any atom is -0.326 e. The lowest BCUT2D eigenvalue weighted by molar-refractivity contribution is -0.116. The van der Waals surface area contributed by atoms with Crippen LogP contribution in [0, 0.1) is 19.8 Å². The highest BCUT2D eigenvalue weighted by Crippen LogP contribution is 2.39. The number of carbonyl (C=O) groups excluding carboxylic acids is 1. The first-order valence-corrected chi connectivity index (χ1v) is 11.3. The topological polar surface area (TPSA) is 59.8 Å². The fourth-order valence-corrected chi connectivity index (χ4v) is 4.06. The second-order valence-corrected chi connectivity index (χ2v) is 9.20. The molecule has 1 saturated carbocycles. The maximum Gasteiger partial charge on any atom is 0.224 e. The second kappa shape index (κ2) is 9.04. The predicted molar refractivity (Wildman–Crippen MR) is 125 cm³/mol. The van der Waals surface area contributed by atoms with E-state index in [-0.39, 0.29) is 5.91 Å². The van der Waals surface area contributed by atoms with Crippen molar-refractivity contribution < 1.29 is 4.79 Å².